The molecular weight excluding hydrogens is 376 g/mol. The van der Waals surface area contributed by atoms with Gasteiger partial charge in [0.2, 0.25) is 0 Å². The van der Waals surface area contributed by atoms with Crippen LogP contribution in [-0.2, 0) is 32.0 Å². The van der Waals surface area contributed by atoms with E-state index in [4.69, 9.17) is 0 Å². The normalized spacial score (nSPS) is 0. The van der Waals surface area contributed by atoms with Gasteiger partial charge < -0.3 is 44.9 Å². The average molecular weight is 376 g/mol. The predicted octanol–water partition coefficient (Wildman–Crippen LogP) is -6.23. The summed E-state index contributed by atoms with van der Waals surface area (Å²) in [6.07, 6.45) is 0. The molecule has 0 aliphatic rings. The topological polar surface area (TPSA) is 57.0 Å². The summed E-state index contributed by atoms with van der Waals surface area (Å²) < 4.78 is 0. The predicted molar refractivity (Wildman–Crippen MR) is 1.37 cm³/mol. The van der Waals surface area contributed by atoms with Gasteiger partial charge >= 0.3 is 21.1 Å². The minimum absolute atomic E-state index is 0. The van der Waals surface area contributed by atoms with E-state index >= 15 is 0 Å². The van der Waals surface area contributed by atoms with Gasteiger partial charge in [-0.05, 0) is 0 Å². The number of hydrogen-bond acceptors (Lipinski definition) is 0. The summed E-state index contributed by atoms with van der Waals surface area (Å²) in [6.45, 7) is 0. The number of hydrogen-bond donors (Lipinski definition) is 0. The van der Waals surface area contributed by atoms with Gasteiger partial charge in [0.05, 0.1) is 0 Å². The molecule has 0 fully saturated rings. The van der Waals surface area contributed by atoms with E-state index in [1.54, 1.807) is 0 Å². The van der Waals surface area contributed by atoms with Crippen molar-refractivity contribution in [3.8, 4) is 0 Å². The van der Waals surface area contributed by atoms with E-state index in [-0.39, 0.29) is 66.0 Å². The van der Waals surface area contributed by atoms with Crippen LogP contribution in [-0.4, -0.2) is 0 Å². The van der Waals surface area contributed by atoms with E-state index in [1.807, 2.05) is 0 Å². The van der Waals surface area contributed by atoms with E-state index < -0.39 is 0 Å². The first-order valence-corrected chi connectivity index (χ1v) is 0. The monoisotopic (exact) mass is 374 g/mol. The van der Waals surface area contributed by atoms with Crippen LogP contribution in [0.4, 0.5) is 0 Å². The third-order valence-electron chi connectivity index (χ3n) is 0. The summed E-state index contributed by atoms with van der Waals surface area (Å²) >= 11 is 0. The molecule has 0 aliphatic carbocycles. The van der Waals surface area contributed by atoms with Gasteiger partial charge in [-0.3, -0.25) is 0 Å². The minimum atomic E-state index is 0. The van der Waals surface area contributed by atoms with Gasteiger partial charge in [-0.25, -0.2) is 0 Å². The molecule has 0 unspecified atom stereocenters. The smallest absolute Gasteiger partial charge is 2.00 e. The van der Waals surface area contributed by atoms with Crippen LogP contribution in [0, 0.1) is 0 Å². The third-order valence-corrected chi connectivity index (χ3v) is 0. The van der Waals surface area contributed by atoms with E-state index in [2.05, 4.69) is 0 Å². The van der Waals surface area contributed by atoms with Crippen LogP contribution in [0.3, 0.4) is 0 Å². The molecule has 2 nitrogen and oxygen atoms in total. The van der Waals surface area contributed by atoms with Crippen molar-refractivity contribution in [2.45, 2.75) is 0 Å². The molecule has 0 saturated carbocycles. The van der Waals surface area contributed by atoms with Crippen molar-refractivity contribution in [2.75, 3.05) is 0 Å². The summed E-state index contributed by atoms with van der Waals surface area (Å²) in [5, 5.41) is 0. The Morgan fingerprint density at radius 2 is 0.600 bits per heavy atom. The van der Waals surface area contributed by atoms with E-state index in [1.165, 1.54) is 0 Å². The second-order valence-corrected chi connectivity index (χ2v) is 0. The standard InChI is InChI=1S/2BrH.2O.W/h2*1H;;;/q;;2*-2;+6/p-2. The first kappa shape index (κ1) is 82.8. The summed E-state index contributed by atoms with van der Waals surface area (Å²) in [7, 11) is 0. The molecule has 0 aromatic rings. The molecular formula is Br2O2W. The summed E-state index contributed by atoms with van der Waals surface area (Å²) in [5.41, 5.74) is 0. The van der Waals surface area contributed by atoms with Crippen molar-refractivity contribution in [1.82, 2.24) is 0 Å². The number of halogens is 2. The van der Waals surface area contributed by atoms with Crippen molar-refractivity contribution >= 4 is 0 Å². The first-order chi connectivity index (χ1) is 0. The molecule has 0 radical (unpaired) electrons. The molecule has 0 N–H and O–H groups in total. The van der Waals surface area contributed by atoms with Gasteiger partial charge in [-0.15, -0.1) is 0 Å². The second kappa shape index (κ2) is 47.2. The fraction of sp³-hybridized carbons (Fsp3) is 0. The Kier molecular flexibility index (Phi) is 782. The van der Waals surface area contributed by atoms with Crippen LogP contribution in [0.2, 0.25) is 0 Å². The molecule has 0 aromatic carbocycles. The minimum Gasteiger partial charge on any atom is -2.00 e. The Hall–Kier alpha value is 1.57. The molecule has 0 bridgehead atoms. The molecule has 0 aliphatic heterocycles. The third kappa shape index (κ3) is 28.8. The second-order valence-electron chi connectivity index (χ2n) is 0. The van der Waals surface area contributed by atoms with E-state index in [0.29, 0.717) is 0 Å². The zero-order chi connectivity index (χ0) is 0. The van der Waals surface area contributed by atoms with Crippen molar-refractivity contribution < 1.29 is 66.0 Å². The van der Waals surface area contributed by atoms with Crippen LogP contribution >= 0.6 is 0 Å². The summed E-state index contributed by atoms with van der Waals surface area (Å²) in [6, 6.07) is 0. The zero-order valence-electron chi connectivity index (χ0n) is 1.98. The fourth-order valence-electron chi connectivity index (χ4n) is 0. The van der Waals surface area contributed by atoms with Crippen molar-refractivity contribution in [3.63, 3.8) is 0 Å². The maximum Gasteiger partial charge on any atom is 6.00 e. The molecule has 0 spiro atoms. The van der Waals surface area contributed by atoms with Gasteiger partial charge in [-0.1, -0.05) is 0 Å². The Morgan fingerprint density at radius 1 is 0.600 bits per heavy atom. The zero-order valence-corrected chi connectivity index (χ0v) is 8.09. The molecule has 0 saturated heterocycles. The quantitative estimate of drug-likeness (QED) is 0.405. The van der Waals surface area contributed by atoms with Gasteiger partial charge in [0.15, 0.2) is 0 Å². The Labute approximate surface area is 65.7 Å². The summed E-state index contributed by atoms with van der Waals surface area (Å²) in [4.78, 5) is 0. The molecule has 32 valence electrons. The Morgan fingerprint density at radius 3 is 0.600 bits per heavy atom. The Bertz CT molecular complexity index is 7.61. The van der Waals surface area contributed by atoms with Crippen molar-refractivity contribution in [1.29, 1.82) is 0 Å². The maximum atomic E-state index is 0. The molecule has 0 atom stereocenters. The van der Waals surface area contributed by atoms with E-state index in [0.717, 1.165) is 0 Å². The maximum absolute atomic E-state index is 0. The SMILES string of the molecule is [Br-].[Br-].[O-2].[O-2].[W+6]. The largest absolute Gasteiger partial charge is 6.00 e. The van der Waals surface area contributed by atoms with Crippen LogP contribution < -0.4 is 34.0 Å². The molecule has 0 aromatic heterocycles. The average Bonchev–Trinajstić information content (AvgIpc) is 0. The molecule has 0 amide bonds. The van der Waals surface area contributed by atoms with Crippen LogP contribution in [0.1, 0.15) is 0 Å². The fourth-order valence-corrected chi connectivity index (χ4v) is 0. The first-order valence-electron chi connectivity index (χ1n) is 0. The number of rotatable bonds is 0. The van der Waals surface area contributed by atoms with Crippen molar-refractivity contribution in [2.24, 2.45) is 0 Å². The van der Waals surface area contributed by atoms with Crippen molar-refractivity contribution in [3.05, 3.63) is 0 Å². The van der Waals surface area contributed by atoms with Gasteiger partial charge in [-0.2, -0.15) is 0 Å². The van der Waals surface area contributed by atoms with Crippen LogP contribution in [0.5, 0.6) is 0 Å². The molecule has 0 rings (SSSR count). The molecule has 5 heavy (non-hydrogen) atoms. The molecule has 0 heterocycles. The van der Waals surface area contributed by atoms with Gasteiger partial charge in [0, 0.05) is 0 Å². The van der Waals surface area contributed by atoms with Crippen LogP contribution in [0.25, 0.3) is 0 Å². The van der Waals surface area contributed by atoms with Gasteiger partial charge in [0.1, 0.15) is 0 Å². The van der Waals surface area contributed by atoms with E-state index in [9.17, 15) is 0 Å². The van der Waals surface area contributed by atoms with Gasteiger partial charge in [0.25, 0.3) is 0 Å². The Balaban J connectivity index is 0. The molecule has 5 heteroatoms. The summed E-state index contributed by atoms with van der Waals surface area (Å²) in [5.74, 6) is 0. The van der Waals surface area contributed by atoms with Crippen LogP contribution in [0.15, 0.2) is 0 Å².